The summed E-state index contributed by atoms with van der Waals surface area (Å²) in [7, 11) is 0. The summed E-state index contributed by atoms with van der Waals surface area (Å²) in [5, 5.41) is 3.43. The highest BCUT2D eigenvalue weighted by atomic mass is 19.3. The number of hydrogen-bond donors (Lipinski definition) is 1. The third-order valence-corrected chi connectivity index (χ3v) is 4.62. The van der Waals surface area contributed by atoms with E-state index in [1.54, 1.807) is 12.1 Å². The number of nitrogens with one attached hydrogen (secondary N) is 1. The van der Waals surface area contributed by atoms with Crippen LogP contribution in [0.15, 0.2) is 24.3 Å². The van der Waals surface area contributed by atoms with Crippen LogP contribution in [0.2, 0.25) is 0 Å². The minimum absolute atomic E-state index is 0.296. The number of hydrogen-bond acceptors (Lipinski definition) is 3. The van der Waals surface area contributed by atoms with Crippen molar-refractivity contribution in [1.29, 1.82) is 0 Å². The summed E-state index contributed by atoms with van der Waals surface area (Å²) >= 11 is 0. The Morgan fingerprint density at radius 1 is 1.35 bits per heavy atom. The fraction of sp³-hybridized carbons (Fsp3) is 0.600. The van der Waals surface area contributed by atoms with Gasteiger partial charge in [0.2, 0.25) is 0 Å². The molecule has 3 nitrogen and oxygen atoms in total. The van der Waals surface area contributed by atoms with Crippen molar-refractivity contribution in [2.45, 2.75) is 26.1 Å². The molecule has 2 heterocycles. The molecule has 2 aliphatic rings. The molecule has 3 rings (SSSR count). The fourth-order valence-corrected chi connectivity index (χ4v) is 3.53. The van der Waals surface area contributed by atoms with Gasteiger partial charge < -0.3 is 10.1 Å². The first-order chi connectivity index (χ1) is 9.65. The number of ether oxygens (including phenoxy) is 1. The molecule has 0 aliphatic carbocycles. The predicted molar refractivity (Wildman–Crippen MR) is 72.8 cm³/mol. The number of para-hydroxylation sites is 1. The molecule has 3 atom stereocenters. The molecule has 20 heavy (non-hydrogen) atoms. The summed E-state index contributed by atoms with van der Waals surface area (Å²) in [6.45, 7) is 3.31. The van der Waals surface area contributed by atoms with Crippen molar-refractivity contribution in [2.24, 2.45) is 11.8 Å². The second-order valence-corrected chi connectivity index (χ2v) is 5.74. The Bertz CT molecular complexity index is 469. The van der Waals surface area contributed by atoms with Gasteiger partial charge in [-0.2, -0.15) is 8.78 Å². The van der Waals surface area contributed by atoms with E-state index in [-0.39, 0.29) is 0 Å². The van der Waals surface area contributed by atoms with E-state index in [1.807, 2.05) is 12.1 Å². The topological polar surface area (TPSA) is 24.5 Å². The molecule has 110 valence electrons. The highest BCUT2D eigenvalue weighted by molar-refractivity contribution is 5.33. The lowest BCUT2D eigenvalue weighted by Crippen LogP contribution is -2.32. The average Bonchev–Trinajstić information content (AvgIpc) is 2.96. The predicted octanol–water partition coefficient (Wildman–Crippen LogP) is 2.33. The molecular formula is C15H20F2N2O. The van der Waals surface area contributed by atoms with Crippen LogP contribution < -0.4 is 10.1 Å². The minimum atomic E-state index is -2.77. The van der Waals surface area contributed by atoms with Gasteiger partial charge in [-0.1, -0.05) is 18.2 Å². The second kappa shape index (κ2) is 5.66. The number of likely N-dealkylation sites (tertiary alicyclic amines) is 1. The van der Waals surface area contributed by atoms with Gasteiger partial charge in [0, 0.05) is 24.7 Å². The molecule has 0 radical (unpaired) electrons. The van der Waals surface area contributed by atoms with Gasteiger partial charge in [-0.05, 0) is 37.9 Å². The van der Waals surface area contributed by atoms with E-state index in [9.17, 15) is 8.78 Å². The number of benzene rings is 1. The van der Waals surface area contributed by atoms with Crippen molar-refractivity contribution < 1.29 is 13.5 Å². The third-order valence-electron chi connectivity index (χ3n) is 4.62. The van der Waals surface area contributed by atoms with Crippen LogP contribution in [0.4, 0.5) is 8.78 Å². The van der Waals surface area contributed by atoms with Crippen LogP contribution in [0.3, 0.4) is 0 Å². The molecular weight excluding hydrogens is 262 g/mol. The number of halogens is 2. The lowest BCUT2D eigenvalue weighted by Gasteiger charge is -2.25. The first kappa shape index (κ1) is 13.8. The lowest BCUT2D eigenvalue weighted by atomic mass is 9.95. The van der Waals surface area contributed by atoms with Gasteiger partial charge in [-0.3, -0.25) is 4.90 Å². The maximum atomic E-state index is 12.4. The highest BCUT2D eigenvalue weighted by Gasteiger charge is 2.41. The molecule has 0 bridgehead atoms. The Labute approximate surface area is 117 Å². The van der Waals surface area contributed by atoms with Crippen molar-refractivity contribution >= 4 is 0 Å². The molecule has 2 fully saturated rings. The molecule has 0 amide bonds. The van der Waals surface area contributed by atoms with E-state index in [0.717, 1.165) is 25.2 Å². The van der Waals surface area contributed by atoms with Crippen LogP contribution in [0.5, 0.6) is 5.75 Å². The van der Waals surface area contributed by atoms with E-state index in [0.29, 0.717) is 30.2 Å². The summed E-state index contributed by atoms with van der Waals surface area (Å²) in [6, 6.07) is 7.57. The van der Waals surface area contributed by atoms with Crippen molar-refractivity contribution in [3.63, 3.8) is 0 Å². The van der Waals surface area contributed by atoms with Gasteiger partial charge in [0.05, 0.1) is 0 Å². The third kappa shape index (κ3) is 2.65. The van der Waals surface area contributed by atoms with Crippen molar-refractivity contribution in [3.05, 3.63) is 29.8 Å². The molecule has 0 aromatic heterocycles. The van der Waals surface area contributed by atoms with Gasteiger partial charge in [0.15, 0.2) is 0 Å². The second-order valence-electron chi connectivity index (χ2n) is 5.74. The Morgan fingerprint density at radius 2 is 2.15 bits per heavy atom. The van der Waals surface area contributed by atoms with Gasteiger partial charge >= 0.3 is 6.61 Å². The Hall–Kier alpha value is -1.20. The molecule has 1 aromatic carbocycles. The zero-order valence-corrected chi connectivity index (χ0v) is 11.6. The van der Waals surface area contributed by atoms with Crippen LogP contribution in [0.1, 0.15) is 12.5 Å². The highest BCUT2D eigenvalue weighted by Crippen LogP contribution is 2.34. The van der Waals surface area contributed by atoms with Crippen molar-refractivity contribution in [1.82, 2.24) is 10.2 Å². The molecule has 3 unspecified atom stereocenters. The van der Waals surface area contributed by atoms with Gasteiger partial charge in [-0.25, -0.2) is 0 Å². The molecule has 1 N–H and O–H groups in total. The van der Waals surface area contributed by atoms with Crippen molar-refractivity contribution in [2.75, 3.05) is 19.6 Å². The standard InChI is InChI=1S/C15H20F2N2O/c1-10-13-7-18-6-12(13)9-19(10)8-11-4-2-3-5-14(11)20-15(16)17/h2-5,10,12-13,15,18H,6-9H2,1H3. The summed E-state index contributed by atoms with van der Waals surface area (Å²) in [4.78, 5) is 2.38. The van der Waals surface area contributed by atoms with E-state index >= 15 is 0 Å². The quantitative estimate of drug-likeness (QED) is 0.917. The average molecular weight is 282 g/mol. The minimum Gasteiger partial charge on any atom is -0.434 e. The summed E-state index contributed by atoms with van der Waals surface area (Å²) in [6.07, 6.45) is 0. The smallest absolute Gasteiger partial charge is 0.387 e. The molecule has 2 saturated heterocycles. The SMILES string of the molecule is CC1C2CNCC2CN1Cc1ccccc1OC(F)F. The van der Waals surface area contributed by atoms with E-state index < -0.39 is 6.61 Å². The Balaban J connectivity index is 1.72. The summed E-state index contributed by atoms with van der Waals surface area (Å²) in [5.74, 6) is 1.66. The molecule has 1 aromatic rings. The van der Waals surface area contributed by atoms with Crippen LogP contribution in [-0.2, 0) is 6.54 Å². The van der Waals surface area contributed by atoms with Crippen molar-refractivity contribution in [3.8, 4) is 5.75 Å². The van der Waals surface area contributed by atoms with E-state index in [4.69, 9.17) is 0 Å². The largest absolute Gasteiger partial charge is 0.434 e. The maximum absolute atomic E-state index is 12.4. The molecule has 0 spiro atoms. The fourth-order valence-electron chi connectivity index (χ4n) is 3.53. The summed E-state index contributed by atoms with van der Waals surface area (Å²) < 4.78 is 29.5. The molecule has 2 aliphatic heterocycles. The van der Waals surface area contributed by atoms with Crippen LogP contribution in [0, 0.1) is 11.8 Å². The maximum Gasteiger partial charge on any atom is 0.387 e. The summed E-state index contributed by atoms with van der Waals surface area (Å²) in [5.41, 5.74) is 0.840. The van der Waals surface area contributed by atoms with Gasteiger partial charge in [0.1, 0.15) is 5.75 Å². The Kier molecular flexibility index (Phi) is 3.89. The van der Waals surface area contributed by atoms with Crippen LogP contribution in [0.25, 0.3) is 0 Å². The zero-order chi connectivity index (χ0) is 14.1. The zero-order valence-electron chi connectivity index (χ0n) is 11.6. The molecule has 5 heteroatoms. The molecule has 0 saturated carbocycles. The van der Waals surface area contributed by atoms with Crippen LogP contribution in [-0.4, -0.2) is 37.2 Å². The normalized spacial score (nSPS) is 29.9. The first-order valence-electron chi connectivity index (χ1n) is 7.12. The Morgan fingerprint density at radius 3 is 2.90 bits per heavy atom. The lowest BCUT2D eigenvalue weighted by molar-refractivity contribution is -0.0508. The van der Waals surface area contributed by atoms with Crippen LogP contribution >= 0.6 is 0 Å². The number of rotatable bonds is 4. The van der Waals surface area contributed by atoms with E-state index in [1.165, 1.54) is 0 Å². The number of nitrogens with zero attached hydrogens (tertiary/aromatic N) is 1. The number of alkyl halides is 2. The van der Waals surface area contributed by atoms with Gasteiger partial charge in [-0.15, -0.1) is 0 Å². The monoisotopic (exact) mass is 282 g/mol. The van der Waals surface area contributed by atoms with E-state index in [2.05, 4.69) is 21.9 Å². The first-order valence-corrected chi connectivity index (χ1v) is 7.12. The van der Waals surface area contributed by atoms with Gasteiger partial charge in [0.25, 0.3) is 0 Å². The number of fused-ring (bicyclic) bond motifs is 1.